The van der Waals surface area contributed by atoms with Crippen LogP contribution in [-0.4, -0.2) is 17.5 Å². The molecule has 504 valence electrons. The molecule has 10 aromatic carbocycles. The quantitative estimate of drug-likeness (QED) is 0.0376. The Morgan fingerprint density at radius 2 is 0.677 bits per heavy atom. The summed E-state index contributed by atoms with van der Waals surface area (Å²) in [5.74, 6) is -1.04. The highest BCUT2D eigenvalue weighted by Gasteiger charge is 2.45. The average molecular weight is 1610 g/mol. The zero-order chi connectivity index (χ0) is 67.6. The molecule has 2 aliphatic rings. The Morgan fingerprint density at radius 1 is 0.385 bits per heavy atom. The lowest BCUT2D eigenvalue weighted by Crippen LogP contribution is -2.30. The SMILES string of the molecule is C.CC.CCCCN(P(c1ccccc1F)c1ccccc1F)P1[C@H](c2ccc(C)cc2)CC[C@H]1c1ccc(C)cc1.CCCCNP1[C@H](c2ccc(C)cc2)CC[C@H]1c1ccc(C)cc1.Fc1ccccc1P(I)c1ccccc1F.IP(c1ccccc1)c1ccccc1. The van der Waals surface area contributed by atoms with Crippen molar-refractivity contribution in [2.24, 2.45) is 0 Å². The molecule has 1 N–H and O–H groups in total. The first-order chi connectivity index (χ1) is 46.2. The fraction of sp³-hybridized carbons (Fsp3) is 0.277. The minimum atomic E-state index is -1.41. The molecule has 0 aliphatic carbocycles. The third-order valence-corrected chi connectivity index (χ3v) is 36.0. The van der Waals surface area contributed by atoms with E-state index in [1.807, 2.05) is 38.1 Å². The van der Waals surface area contributed by atoms with Gasteiger partial charge in [0.2, 0.25) is 0 Å². The van der Waals surface area contributed by atoms with Crippen molar-refractivity contribution < 1.29 is 17.6 Å². The molecule has 0 aromatic heterocycles. The van der Waals surface area contributed by atoms with Crippen LogP contribution in [0.25, 0.3) is 0 Å². The summed E-state index contributed by atoms with van der Waals surface area (Å²) >= 11 is 4.65. The van der Waals surface area contributed by atoms with E-state index in [2.05, 4.69) is 253 Å². The van der Waals surface area contributed by atoms with Gasteiger partial charge in [-0.15, -0.1) is 0 Å². The van der Waals surface area contributed by atoms with Gasteiger partial charge in [0.1, 0.15) is 23.3 Å². The summed E-state index contributed by atoms with van der Waals surface area (Å²) in [6, 6.07) is 84.9. The van der Waals surface area contributed by atoms with Crippen molar-refractivity contribution in [3.8, 4) is 0 Å². The summed E-state index contributed by atoms with van der Waals surface area (Å²) in [4.78, 5) is 0. The Hall–Kier alpha value is -4.55. The third-order valence-electron chi connectivity index (χ3n) is 16.9. The van der Waals surface area contributed by atoms with Gasteiger partial charge in [-0.25, -0.2) is 17.6 Å². The Balaban J connectivity index is 0.000000194. The second kappa shape index (κ2) is 41.3. The number of nitrogens with one attached hydrogen (secondary N) is 1. The van der Waals surface area contributed by atoms with Gasteiger partial charge in [-0.3, -0.25) is 9.53 Å². The molecule has 0 spiro atoms. The van der Waals surface area contributed by atoms with Gasteiger partial charge in [-0.2, -0.15) is 0 Å². The third kappa shape index (κ3) is 22.0. The number of aryl methyl sites for hydroxylation is 4. The number of halogens is 6. The molecule has 0 amide bonds. The van der Waals surface area contributed by atoms with Gasteiger partial charge in [0.25, 0.3) is 0 Å². The molecule has 0 saturated carbocycles. The Labute approximate surface area is 605 Å². The number of benzene rings is 10. The fourth-order valence-electron chi connectivity index (χ4n) is 11.8. The van der Waals surface area contributed by atoms with Gasteiger partial charge in [-0.05, 0) is 202 Å². The maximum atomic E-state index is 15.6. The Bertz CT molecular complexity index is 3620. The highest BCUT2D eigenvalue weighted by molar-refractivity contribution is 14.2. The highest BCUT2D eigenvalue weighted by atomic mass is 127. The first-order valence-electron chi connectivity index (χ1n) is 33.4. The van der Waals surface area contributed by atoms with Gasteiger partial charge < -0.3 is 0 Å². The van der Waals surface area contributed by atoms with Gasteiger partial charge >= 0.3 is 0 Å². The number of hydrogen-bond acceptors (Lipinski definition) is 2. The Morgan fingerprint density at radius 3 is 1.00 bits per heavy atom. The van der Waals surface area contributed by atoms with Crippen molar-refractivity contribution in [2.75, 3.05) is 13.1 Å². The molecule has 2 fully saturated rings. The van der Waals surface area contributed by atoms with Gasteiger partial charge in [0.15, 0.2) is 0 Å². The first-order valence-corrected chi connectivity index (χ1v) is 45.8. The molecule has 96 heavy (non-hydrogen) atoms. The zero-order valence-electron chi connectivity index (χ0n) is 56.1. The van der Waals surface area contributed by atoms with Crippen LogP contribution >= 0.6 is 79.4 Å². The van der Waals surface area contributed by atoms with Gasteiger partial charge in [0, 0.05) is 69.6 Å². The van der Waals surface area contributed by atoms with Crippen LogP contribution in [0.1, 0.15) is 154 Å². The molecule has 0 bridgehead atoms. The second-order valence-corrected chi connectivity index (χ2v) is 39.9. The van der Waals surface area contributed by atoms with Crippen molar-refractivity contribution in [1.29, 1.82) is 0 Å². The van der Waals surface area contributed by atoms with Crippen LogP contribution < -0.4 is 36.9 Å². The second-order valence-electron chi connectivity index (χ2n) is 23.7. The van der Waals surface area contributed by atoms with Gasteiger partial charge in [0.05, 0.1) is 0 Å². The van der Waals surface area contributed by atoms with E-state index in [9.17, 15) is 8.78 Å². The van der Waals surface area contributed by atoms with E-state index in [4.69, 9.17) is 0 Å². The van der Waals surface area contributed by atoms with Crippen molar-refractivity contribution in [3.05, 3.63) is 323 Å². The normalized spacial score (nSPS) is 15.9. The van der Waals surface area contributed by atoms with Crippen molar-refractivity contribution in [1.82, 2.24) is 9.53 Å². The van der Waals surface area contributed by atoms with Gasteiger partial charge in [-0.1, -0.05) is 289 Å². The zero-order valence-corrected chi connectivity index (χ0v) is 64.9. The van der Waals surface area contributed by atoms with Crippen LogP contribution in [0.2, 0.25) is 0 Å². The molecule has 4 atom stereocenters. The van der Waals surface area contributed by atoms with Crippen molar-refractivity contribution >= 4 is 111 Å². The molecule has 0 unspecified atom stereocenters. The van der Waals surface area contributed by atoms with E-state index in [-0.39, 0.29) is 44.3 Å². The van der Waals surface area contributed by atoms with Crippen molar-refractivity contribution in [2.45, 2.75) is 137 Å². The molecule has 0 radical (unpaired) electrons. The van der Waals surface area contributed by atoms with E-state index in [0.29, 0.717) is 43.9 Å². The van der Waals surface area contributed by atoms with E-state index < -0.39 is 21.7 Å². The smallest absolute Gasteiger partial charge is 0.132 e. The van der Waals surface area contributed by atoms with E-state index in [1.165, 1.54) is 105 Å². The molecule has 2 heterocycles. The summed E-state index contributed by atoms with van der Waals surface area (Å²) in [5.41, 5.74) is 11.9. The monoisotopic (exact) mass is 1600 g/mol. The minimum Gasteiger partial charge on any atom is -0.295 e. The average Bonchev–Trinajstić information content (AvgIpc) is 1.51. The predicted octanol–water partition coefficient (Wildman–Crippen LogP) is 25.3. The standard InChI is InChI=1S/C34H37F2NP2.C22H30NP.C12H8F2IP.C12H10IP.C2H6.CH4/c1-4-5-24-37(39(33-12-8-6-10-29(33)35)34-13-9-7-11-30(34)36)38-31(27-18-14-25(2)15-19-27)22-23-32(38)28-20-16-26(3)17-21-28;1-4-5-16-23-24-21(19-10-6-17(2)7-11-19)14-15-22(24)20-12-8-18(3)9-13-20;13-9-5-1-3-7-11(9)16(15)12-8-4-2-6-10(12)14;13-14(11-7-3-1-4-8-11)12-9-5-2-6-10-12;1-2;/h6-21,31-32H,4-5,22-24H2,1-3H3;6-13,21-23H,4-5,14-16H2,1-3H3;1-8H;1-10H;1-2H3;1H4/t31-,32-;21-,22-;;;;/m00..../s1. The lowest BCUT2D eigenvalue weighted by molar-refractivity contribution is 0.617. The van der Waals surface area contributed by atoms with E-state index in [1.54, 1.807) is 48.5 Å². The summed E-state index contributed by atoms with van der Waals surface area (Å²) < 4.78 is 60.9. The lowest BCUT2D eigenvalue weighted by atomic mass is 10.0. The summed E-state index contributed by atoms with van der Waals surface area (Å²) in [6.07, 6.45) is 9.34. The first kappa shape index (κ1) is 78.8. The molecule has 2 saturated heterocycles. The van der Waals surface area contributed by atoms with Crippen LogP contribution in [0.4, 0.5) is 17.6 Å². The van der Waals surface area contributed by atoms with Crippen LogP contribution in [0.15, 0.2) is 255 Å². The van der Waals surface area contributed by atoms with E-state index >= 15 is 8.78 Å². The highest BCUT2D eigenvalue weighted by Crippen LogP contribution is 2.76. The molecule has 12 rings (SSSR count). The molecular weight excluding hydrogens is 1510 g/mol. The molecule has 10 aromatic rings. The minimum absolute atomic E-state index is 0. The van der Waals surface area contributed by atoms with Crippen LogP contribution in [0.3, 0.4) is 0 Å². The summed E-state index contributed by atoms with van der Waals surface area (Å²) in [6.45, 7) is 19.1. The fourth-order valence-corrected chi connectivity index (χ4v) is 29.1. The number of hydrogen-bond donors (Lipinski definition) is 1. The Kier molecular flexibility index (Phi) is 33.9. The number of rotatable bonds is 19. The van der Waals surface area contributed by atoms with E-state index in [0.717, 1.165) is 38.8 Å². The molecule has 2 nitrogen and oxygen atoms in total. The van der Waals surface area contributed by atoms with Crippen LogP contribution in [0, 0.1) is 51.0 Å². The van der Waals surface area contributed by atoms with Crippen molar-refractivity contribution in [3.63, 3.8) is 0 Å². The topological polar surface area (TPSA) is 15.3 Å². The molecule has 13 heteroatoms. The number of unbranched alkanes of at least 4 members (excludes halogenated alkanes) is 2. The van der Waals surface area contributed by atoms with Crippen LogP contribution in [0.5, 0.6) is 0 Å². The summed E-state index contributed by atoms with van der Waals surface area (Å²) in [5, 5.41) is 9.21. The van der Waals surface area contributed by atoms with Crippen LogP contribution in [-0.2, 0) is 0 Å². The maximum absolute atomic E-state index is 15.6. The summed E-state index contributed by atoms with van der Waals surface area (Å²) in [7, 11) is -2.42. The lowest BCUT2D eigenvalue weighted by Gasteiger charge is -2.42. The predicted molar refractivity (Wildman–Crippen MR) is 436 cm³/mol. The maximum Gasteiger partial charge on any atom is 0.132 e. The molecule has 2 aliphatic heterocycles. The number of nitrogens with zero attached hydrogens (tertiary/aromatic N) is 1. The largest absolute Gasteiger partial charge is 0.295 e. The molecular formula is C83H95F4I2N2P5.